The van der Waals surface area contributed by atoms with E-state index in [1.807, 2.05) is 44.2 Å². The van der Waals surface area contributed by atoms with Gasteiger partial charge in [-0.15, -0.1) is 0 Å². The summed E-state index contributed by atoms with van der Waals surface area (Å²) in [5.74, 6) is -0.200. The maximum atomic E-state index is 12.6. The van der Waals surface area contributed by atoms with Crippen molar-refractivity contribution in [3.8, 4) is 0 Å². The number of pyridine rings is 1. The van der Waals surface area contributed by atoms with E-state index in [2.05, 4.69) is 5.32 Å². The number of carbonyl (C=O) groups excluding carboxylic acids is 1. The lowest BCUT2D eigenvalue weighted by atomic mass is 10.0. The minimum atomic E-state index is -0.200. The van der Waals surface area contributed by atoms with Crippen molar-refractivity contribution in [3.63, 3.8) is 0 Å². The van der Waals surface area contributed by atoms with Crippen LogP contribution >= 0.6 is 11.6 Å². The number of anilines is 1. The van der Waals surface area contributed by atoms with Gasteiger partial charge in [0.15, 0.2) is 0 Å². The maximum Gasteiger partial charge on any atom is 0.255 e. The molecule has 1 amide bonds. The lowest BCUT2D eigenvalue weighted by Crippen LogP contribution is -2.21. The van der Waals surface area contributed by atoms with E-state index in [9.17, 15) is 9.59 Å². The number of halogens is 1. The molecule has 1 N–H and O–H groups in total. The summed E-state index contributed by atoms with van der Waals surface area (Å²) in [6, 6.07) is 16.0. The lowest BCUT2D eigenvalue weighted by molar-refractivity contribution is 0.102. The summed E-state index contributed by atoms with van der Waals surface area (Å²) in [6.45, 7) is 4.23. The van der Waals surface area contributed by atoms with Gasteiger partial charge in [0.1, 0.15) is 0 Å². The number of nitrogens with zero attached hydrogens (tertiary/aromatic N) is 1. The molecule has 0 spiro atoms. The molecule has 132 valence electrons. The second-order valence-corrected chi connectivity index (χ2v) is 6.58. The van der Waals surface area contributed by atoms with Crippen LogP contribution in [0, 0.1) is 13.8 Å². The van der Waals surface area contributed by atoms with Crippen molar-refractivity contribution in [2.75, 3.05) is 5.32 Å². The molecule has 5 heteroatoms. The molecule has 0 saturated carbocycles. The third-order valence-electron chi connectivity index (χ3n) is 4.39. The van der Waals surface area contributed by atoms with Gasteiger partial charge in [0.05, 0.1) is 12.2 Å². The summed E-state index contributed by atoms with van der Waals surface area (Å²) in [5, 5.41) is 3.46. The molecule has 2 aromatic carbocycles. The first-order chi connectivity index (χ1) is 12.5. The zero-order valence-electron chi connectivity index (χ0n) is 14.6. The van der Waals surface area contributed by atoms with Gasteiger partial charge in [0.25, 0.3) is 11.5 Å². The van der Waals surface area contributed by atoms with E-state index in [4.69, 9.17) is 11.6 Å². The lowest BCUT2D eigenvalue weighted by Gasteiger charge is -2.12. The Labute approximate surface area is 157 Å². The van der Waals surface area contributed by atoms with Crippen LogP contribution in [0.5, 0.6) is 0 Å². The topological polar surface area (TPSA) is 51.1 Å². The normalized spacial score (nSPS) is 10.6. The highest BCUT2D eigenvalue weighted by atomic mass is 35.5. The third-order valence-corrected chi connectivity index (χ3v) is 4.76. The number of carbonyl (C=O) groups is 1. The molecular weight excluding hydrogens is 348 g/mol. The molecule has 0 saturated heterocycles. The van der Waals surface area contributed by atoms with Crippen molar-refractivity contribution < 1.29 is 4.79 Å². The van der Waals surface area contributed by atoms with Gasteiger partial charge >= 0.3 is 0 Å². The van der Waals surface area contributed by atoms with Crippen LogP contribution in [0.25, 0.3) is 0 Å². The molecule has 0 unspecified atom stereocenters. The Morgan fingerprint density at radius 1 is 1.04 bits per heavy atom. The molecule has 0 bridgehead atoms. The van der Waals surface area contributed by atoms with Gasteiger partial charge in [0, 0.05) is 22.8 Å². The van der Waals surface area contributed by atoms with E-state index in [-0.39, 0.29) is 11.5 Å². The van der Waals surface area contributed by atoms with Gasteiger partial charge in [-0.2, -0.15) is 0 Å². The predicted octanol–water partition coefficient (Wildman–Crippen LogP) is 4.42. The third kappa shape index (κ3) is 3.86. The zero-order valence-corrected chi connectivity index (χ0v) is 15.4. The molecule has 3 rings (SSSR count). The Morgan fingerprint density at radius 2 is 1.81 bits per heavy atom. The molecule has 0 atom stereocenters. The first-order valence-corrected chi connectivity index (χ1v) is 8.65. The monoisotopic (exact) mass is 366 g/mol. The number of amides is 1. The molecular formula is C21H19ClN2O2. The van der Waals surface area contributed by atoms with Crippen LogP contribution < -0.4 is 10.9 Å². The van der Waals surface area contributed by atoms with E-state index in [1.54, 1.807) is 24.4 Å². The highest BCUT2D eigenvalue weighted by molar-refractivity contribution is 6.31. The summed E-state index contributed by atoms with van der Waals surface area (Å²) < 4.78 is 1.53. The van der Waals surface area contributed by atoms with Crippen LogP contribution in [0.2, 0.25) is 5.02 Å². The SMILES string of the molecule is Cc1cccc(C(=O)Nc2ccc(=O)n(Cc3ccccc3Cl)c2)c1C. The number of hydrogen-bond donors (Lipinski definition) is 1. The van der Waals surface area contributed by atoms with Gasteiger partial charge in [-0.05, 0) is 48.7 Å². The fraction of sp³-hybridized carbons (Fsp3) is 0.143. The molecule has 0 aliphatic carbocycles. The Morgan fingerprint density at radius 3 is 2.58 bits per heavy atom. The quantitative estimate of drug-likeness (QED) is 0.743. The first-order valence-electron chi connectivity index (χ1n) is 8.27. The van der Waals surface area contributed by atoms with E-state index in [0.717, 1.165) is 16.7 Å². The predicted molar refractivity (Wildman–Crippen MR) is 105 cm³/mol. The van der Waals surface area contributed by atoms with Crippen LogP contribution in [0.4, 0.5) is 5.69 Å². The summed E-state index contributed by atoms with van der Waals surface area (Å²) in [5.41, 5.74) is 3.86. The Hall–Kier alpha value is -2.85. The van der Waals surface area contributed by atoms with Crippen LogP contribution in [0.15, 0.2) is 65.6 Å². The second-order valence-electron chi connectivity index (χ2n) is 6.18. The maximum absolute atomic E-state index is 12.6. The number of nitrogens with one attached hydrogen (secondary N) is 1. The zero-order chi connectivity index (χ0) is 18.7. The second kappa shape index (κ2) is 7.58. The van der Waals surface area contributed by atoms with Gasteiger partial charge in [-0.25, -0.2) is 0 Å². The number of rotatable bonds is 4. The van der Waals surface area contributed by atoms with Gasteiger partial charge < -0.3 is 9.88 Å². The van der Waals surface area contributed by atoms with E-state index in [0.29, 0.717) is 22.8 Å². The Kier molecular flexibility index (Phi) is 5.24. The van der Waals surface area contributed by atoms with E-state index in [1.165, 1.54) is 10.6 Å². The molecule has 4 nitrogen and oxygen atoms in total. The van der Waals surface area contributed by atoms with E-state index >= 15 is 0 Å². The van der Waals surface area contributed by atoms with Gasteiger partial charge in [0.2, 0.25) is 0 Å². The molecule has 1 heterocycles. The molecule has 0 fully saturated rings. The molecule has 26 heavy (non-hydrogen) atoms. The summed E-state index contributed by atoms with van der Waals surface area (Å²) in [4.78, 5) is 24.7. The van der Waals surface area contributed by atoms with Crippen LogP contribution in [-0.2, 0) is 6.54 Å². The van der Waals surface area contributed by atoms with E-state index < -0.39 is 0 Å². The van der Waals surface area contributed by atoms with Crippen molar-refractivity contribution >= 4 is 23.2 Å². The molecule has 0 aliphatic heterocycles. The summed E-state index contributed by atoms with van der Waals surface area (Å²) in [7, 11) is 0. The first kappa shape index (κ1) is 18.0. The minimum Gasteiger partial charge on any atom is -0.321 e. The van der Waals surface area contributed by atoms with Crippen LogP contribution in [-0.4, -0.2) is 10.5 Å². The number of aromatic nitrogens is 1. The molecule has 3 aromatic rings. The average Bonchev–Trinajstić information content (AvgIpc) is 2.62. The standard InChI is InChI=1S/C21H19ClN2O2/c1-14-6-5-8-18(15(14)2)21(26)23-17-10-11-20(25)24(13-17)12-16-7-3-4-9-19(16)22/h3-11,13H,12H2,1-2H3,(H,23,26). The number of hydrogen-bond acceptors (Lipinski definition) is 2. The molecule has 1 aromatic heterocycles. The van der Waals surface area contributed by atoms with Crippen molar-refractivity contribution in [1.82, 2.24) is 4.57 Å². The Bertz CT molecular complexity index is 1020. The van der Waals surface area contributed by atoms with Crippen molar-refractivity contribution in [1.29, 1.82) is 0 Å². The molecule has 0 aliphatic rings. The number of aryl methyl sites for hydroxylation is 1. The van der Waals surface area contributed by atoms with Crippen molar-refractivity contribution in [2.45, 2.75) is 20.4 Å². The number of benzene rings is 2. The molecule has 0 radical (unpaired) electrons. The smallest absolute Gasteiger partial charge is 0.255 e. The minimum absolute atomic E-state index is 0.158. The van der Waals surface area contributed by atoms with Crippen LogP contribution in [0.1, 0.15) is 27.0 Å². The summed E-state index contributed by atoms with van der Waals surface area (Å²) in [6.07, 6.45) is 1.63. The highest BCUT2D eigenvalue weighted by Crippen LogP contribution is 2.17. The fourth-order valence-electron chi connectivity index (χ4n) is 2.73. The average molecular weight is 367 g/mol. The van der Waals surface area contributed by atoms with Gasteiger partial charge in [-0.1, -0.05) is 41.9 Å². The highest BCUT2D eigenvalue weighted by Gasteiger charge is 2.11. The van der Waals surface area contributed by atoms with Crippen LogP contribution in [0.3, 0.4) is 0 Å². The summed E-state index contributed by atoms with van der Waals surface area (Å²) >= 11 is 6.18. The Balaban J connectivity index is 1.86. The fourth-order valence-corrected chi connectivity index (χ4v) is 2.93. The largest absolute Gasteiger partial charge is 0.321 e. The van der Waals surface area contributed by atoms with Crippen molar-refractivity contribution in [3.05, 3.63) is 98.4 Å². The van der Waals surface area contributed by atoms with Gasteiger partial charge in [-0.3, -0.25) is 9.59 Å². The van der Waals surface area contributed by atoms with Crippen molar-refractivity contribution in [2.24, 2.45) is 0 Å².